The zero-order chi connectivity index (χ0) is 17.6. The van der Waals surface area contributed by atoms with Gasteiger partial charge >= 0.3 is 0 Å². The Morgan fingerprint density at radius 1 is 1.28 bits per heavy atom. The zero-order valence-corrected chi connectivity index (χ0v) is 14.7. The van der Waals surface area contributed by atoms with Crippen LogP contribution in [-0.2, 0) is 16.0 Å². The second kappa shape index (κ2) is 8.12. The average molecular weight is 340 g/mol. The van der Waals surface area contributed by atoms with Gasteiger partial charge in [-0.15, -0.1) is 0 Å². The van der Waals surface area contributed by atoms with Crippen molar-refractivity contribution in [1.82, 2.24) is 9.88 Å². The van der Waals surface area contributed by atoms with E-state index in [1.54, 1.807) is 19.5 Å². The number of hydrogen-bond acceptors (Lipinski definition) is 4. The fraction of sp³-hybridized carbons (Fsp3) is 0.400. The number of methoxy groups -OCH3 is 1. The Morgan fingerprint density at radius 2 is 2.12 bits per heavy atom. The monoisotopic (exact) mass is 340 g/mol. The molecule has 1 saturated heterocycles. The molecule has 25 heavy (non-hydrogen) atoms. The summed E-state index contributed by atoms with van der Waals surface area (Å²) in [5, 5.41) is 0. The highest BCUT2D eigenvalue weighted by Crippen LogP contribution is 2.23. The van der Waals surface area contributed by atoms with Gasteiger partial charge in [-0.05, 0) is 36.6 Å². The number of likely N-dealkylation sites (tertiary alicyclic amines) is 1. The van der Waals surface area contributed by atoms with Gasteiger partial charge in [-0.2, -0.15) is 0 Å². The van der Waals surface area contributed by atoms with Gasteiger partial charge in [0.25, 0.3) is 0 Å². The predicted octanol–water partition coefficient (Wildman–Crippen LogP) is 2.63. The Labute approximate surface area is 148 Å². The van der Waals surface area contributed by atoms with Gasteiger partial charge in [-0.1, -0.05) is 24.3 Å². The molecule has 1 aromatic carbocycles. The van der Waals surface area contributed by atoms with E-state index in [0.29, 0.717) is 19.6 Å². The fourth-order valence-corrected chi connectivity index (χ4v) is 3.21. The number of ether oxygens (including phenoxy) is 2. The molecule has 1 aliphatic heterocycles. The third-order valence-corrected chi connectivity index (χ3v) is 4.71. The molecule has 2 heterocycles. The van der Waals surface area contributed by atoms with E-state index in [4.69, 9.17) is 9.47 Å². The summed E-state index contributed by atoms with van der Waals surface area (Å²) in [6, 6.07) is 11.7. The van der Waals surface area contributed by atoms with Crippen molar-refractivity contribution < 1.29 is 14.3 Å². The van der Waals surface area contributed by atoms with Crippen molar-refractivity contribution in [1.29, 1.82) is 0 Å². The lowest BCUT2D eigenvalue weighted by molar-refractivity contribution is -0.132. The second-order valence-corrected chi connectivity index (χ2v) is 6.40. The minimum absolute atomic E-state index is 0.0154. The molecule has 1 aliphatic rings. The summed E-state index contributed by atoms with van der Waals surface area (Å²) in [5.74, 6) is 0.836. The van der Waals surface area contributed by atoms with Gasteiger partial charge < -0.3 is 14.4 Å². The zero-order valence-electron chi connectivity index (χ0n) is 14.7. The summed E-state index contributed by atoms with van der Waals surface area (Å²) in [6.45, 7) is 3.10. The van der Waals surface area contributed by atoms with Crippen LogP contribution in [0.5, 0.6) is 5.75 Å². The van der Waals surface area contributed by atoms with Crippen molar-refractivity contribution in [2.75, 3.05) is 20.3 Å². The van der Waals surface area contributed by atoms with Crippen LogP contribution in [0.15, 0.2) is 48.8 Å². The number of carbonyl (C=O) groups excluding carboxylic acids is 1. The molecule has 0 spiro atoms. The molecule has 3 rings (SSSR count). The first-order valence-corrected chi connectivity index (χ1v) is 8.57. The standard InChI is InChI=1S/C20H24N2O3/c1-15-6-3-4-7-16(15)10-20(23)22-13-19(24-2)11-17(22)14-25-18-8-5-9-21-12-18/h3-9,12,17,19H,10-11,13-14H2,1-2H3/t17-,19+/m0/s1. The third kappa shape index (κ3) is 4.37. The Kier molecular flexibility index (Phi) is 5.66. The Hall–Kier alpha value is -2.40. The van der Waals surface area contributed by atoms with Crippen molar-refractivity contribution in [2.45, 2.75) is 31.9 Å². The Morgan fingerprint density at radius 3 is 2.84 bits per heavy atom. The Bertz CT molecular complexity index is 705. The van der Waals surface area contributed by atoms with Crippen molar-refractivity contribution >= 4 is 5.91 Å². The van der Waals surface area contributed by atoms with Gasteiger partial charge in [0.05, 0.1) is 24.8 Å². The number of hydrogen-bond donors (Lipinski definition) is 0. The highest BCUT2D eigenvalue weighted by molar-refractivity contribution is 5.79. The minimum Gasteiger partial charge on any atom is -0.490 e. The summed E-state index contributed by atoms with van der Waals surface area (Å²) in [4.78, 5) is 18.8. The lowest BCUT2D eigenvalue weighted by atomic mass is 10.1. The lowest BCUT2D eigenvalue weighted by Gasteiger charge is -2.25. The van der Waals surface area contributed by atoms with Crippen LogP contribution in [0.3, 0.4) is 0 Å². The van der Waals surface area contributed by atoms with Crippen LogP contribution in [-0.4, -0.2) is 48.2 Å². The highest BCUT2D eigenvalue weighted by atomic mass is 16.5. The van der Waals surface area contributed by atoms with Crippen LogP contribution in [0.1, 0.15) is 17.5 Å². The van der Waals surface area contributed by atoms with E-state index in [1.165, 1.54) is 0 Å². The number of amides is 1. The van der Waals surface area contributed by atoms with Crippen LogP contribution >= 0.6 is 0 Å². The molecule has 0 saturated carbocycles. The molecule has 0 unspecified atom stereocenters. The summed E-state index contributed by atoms with van der Waals surface area (Å²) in [7, 11) is 1.69. The maximum absolute atomic E-state index is 12.9. The second-order valence-electron chi connectivity index (χ2n) is 6.40. The van der Waals surface area contributed by atoms with Crippen molar-refractivity contribution in [3.05, 3.63) is 59.9 Å². The smallest absolute Gasteiger partial charge is 0.227 e. The van der Waals surface area contributed by atoms with Crippen LogP contribution in [0.2, 0.25) is 0 Å². The van der Waals surface area contributed by atoms with E-state index in [1.807, 2.05) is 48.2 Å². The molecule has 1 fully saturated rings. The van der Waals surface area contributed by atoms with Crippen LogP contribution < -0.4 is 4.74 Å². The molecule has 1 aromatic heterocycles. The third-order valence-electron chi connectivity index (χ3n) is 4.71. The number of nitrogens with zero attached hydrogens (tertiary/aromatic N) is 2. The first-order chi connectivity index (χ1) is 12.2. The maximum atomic E-state index is 12.9. The molecule has 1 amide bonds. The van der Waals surface area contributed by atoms with Gasteiger partial charge in [0.1, 0.15) is 12.4 Å². The van der Waals surface area contributed by atoms with E-state index >= 15 is 0 Å². The summed E-state index contributed by atoms with van der Waals surface area (Å²) in [6.07, 6.45) is 4.65. The molecule has 5 nitrogen and oxygen atoms in total. The molecule has 2 atom stereocenters. The first-order valence-electron chi connectivity index (χ1n) is 8.57. The molecule has 0 aliphatic carbocycles. The fourth-order valence-electron chi connectivity index (χ4n) is 3.21. The molecule has 0 bridgehead atoms. The minimum atomic E-state index is 0.0154. The highest BCUT2D eigenvalue weighted by Gasteiger charge is 2.35. The van der Waals surface area contributed by atoms with Gasteiger partial charge in [0, 0.05) is 19.9 Å². The largest absolute Gasteiger partial charge is 0.490 e. The van der Waals surface area contributed by atoms with Crippen LogP contribution in [0.4, 0.5) is 0 Å². The summed E-state index contributed by atoms with van der Waals surface area (Å²) < 4.78 is 11.3. The Balaban J connectivity index is 1.66. The number of rotatable bonds is 6. The molecule has 0 radical (unpaired) electrons. The summed E-state index contributed by atoms with van der Waals surface area (Å²) >= 11 is 0. The molecule has 5 heteroatoms. The number of pyridine rings is 1. The van der Waals surface area contributed by atoms with Crippen LogP contribution in [0, 0.1) is 6.92 Å². The predicted molar refractivity (Wildman–Crippen MR) is 95.5 cm³/mol. The van der Waals surface area contributed by atoms with Crippen molar-refractivity contribution in [2.24, 2.45) is 0 Å². The van der Waals surface area contributed by atoms with Gasteiger partial charge in [0.15, 0.2) is 0 Å². The quantitative estimate of drug-likeness (QED) is 0.811. The lowest BCUT2D eigenvalue weighted by Crippen LogP contribution is -2.40. The molecule has 132 valence electrons. The van der Waals surface area contributed by atoms with Crippen molar-refractivity contribution in [3.63, 3.8) is 0 Å². The average Bonchev–Trinajstić information content (AvgIpc) is 3.06. The number of carbonyl (C=O) groups is 1. The first kappa shape index (κ1) is 17.4. The van der Waals surface area contributed by atoms with E-state index in [2.05, 4.69) is 4.98 Å². The topological polar surface area (TPSA) is 51.7 Å². The maximum Gasteiger partial charge on any atom is 0.227 e. The molecule has 0 N–H and O–H groups in total. The van der Waals surface area contributed by atoms with Gasteiger partial charge in [0.2, 0.25) is 5.91 Å². The van der Waals surface area contributed by atoms with Gasteiger partial charge in [-0.25, -0.2) is 0 Å². The van der Waals surface area contributed by atoms with Crippen molar-refractivity contribution in [3.8, 4) is 5.75 Å². The normalized spacial score (nSPS) is 19.8. The van der Waals surface area contributed by atoms with E-state index in [-0.39, 0.29) is 18.1 Å². The summed E-state index contributed by atoms with van der Waals surface area (Å²) in [5.41, 5.74) is 2.21. The number of aryl methyl sites for hydroxylation is 1. The molecule has 2 aromatic rings. The van der Waals surface area contributed by atoms with Crippen LogP contribution in [0.25, 0.3) is 0 Å². The SMILES string of the molecule is CO[C@@H]1C[C@@H](COc2cccnc2)N(C(=O)Cc2ccccc2C)C1. The van der Waals surface area contributed by atoms with E-state index in [9.17, 15) is 4.79 Å². The van der Waals surface area contributed by atoms with Gasteiger partial charge in [-0.3, -0.25) is 9.78 Å². The molecular weight excluding hydrogens is 316 g/mol. The molecular formula is C20H24N2O3. The van der Waals surface area contributed by atoms with E-state index in [0.717, 1.165) is 23.3 Å². The number of aromatic nitrogens is 1. The van der Waals surface area contributed by atoms with E-state index < -0.39 is 0 Å². The number of benzene rings is 1.